The average Bonchev–Trinajstić information content (AvgIpc) is 2.97. The molecule has 0 spiro atoms. The lowest BCUT2D eigenvalue weighted by Crippen LogP contribution is -2.31. The Hall–Kier alpha value is -2.21. The van der Waals surface area contributed by atoms with E-state index in [0.29, 0.717) is 18.7 Å². The van der Waals surface area contributed by atoms with Crippen LogP contribution in [0.25, 0.3) is 0 Å². The largest absolute Gasteiger partial charge is 0.308 e. The Bertz CT molecular complexity index is 906. The summed E-state index contributed by atoms with van der Waals surface area (Å²) in [6, 6.07) is 10.5. The van der Waals surface area contributed by atoms with E-state index in [2.05, 4.69) is 0 Å². The molecule has 24 heavy (non-hydrogen) atoms. The maximum Gasteiger partial charge on any atom is 0.259 e. The molecule has 126 valence electrons. The van der Waals surface area contributed by atoms with Gasteiger partial charge in [-0.25, -0.2) is 12.8 Å². The first-order valence-electron chi connectivity index (χ1n) is 7.75. The fourth-order valence-corrected chi connectivity index (χ4v) is 4.09. The Labute approximate surface area is 140 Å². The van der Waals surface area contributed by atoms with Gasteiger partial charge in [-0.1, -0.05) is 18.2 Å². The molecule has 6 heteroatoms. The summed E-state index contributed by atoms with van der Waals surface area (Å²) in [5.74, 6) is -0.837. The van der Waals surface area contributed by atoms with E-state index < -0.39 is 26.8 Å². The van der Waals surface area contributed by atoms with Gasteiger partial charge in [-0.15, -0.1) is 0 Å². The van der Waals surface area contributed by atoms with Crippen molar-refractivity contribution in [2.75, 3.05) is 11.4 Å². The lowest BCUT2D eigenvalue weighted by Gasteiger charge is -2.20. The molecule has 0 bridgehead atoms. The first kappa shape index (κ1) is 16.6. The number of hydrogen-bond donors (Lipinski definition) is 0. The van der Waals surface area contributed by atoms with Crippen LogP contribution in [0.4, 0.5) is 10.1 Å². The highest BCUT2D eigenvalue weighted by molar-refractivity contribution is 7.92. The van der Waals surface area contributed by atoms with Crippen LogP contribution >= 0.6 is 0 Å². The molecular formula is C18H18FNO3S. The van der Waals surface area contributed by atoms with E-state index >= 15 is 0 Å². The molecule has 3 rings (SSSR count). The summed E-state index contributed by atoms with van der Waals surface area (Å²) in [6.45, 7) is 3.57. The van der Waals surface area contributed by atoms with E-state index in [9.17, 15) is 17.6 Å². The highest BCUT2D eigenvalue weighted by Gasteiger charge is 2.31. The number of anilines is 1. The molecule has 1 amide bonds. The summed E-state index contributed by atoms with van der Waals surface area (Å²) < 4.78 is 38.6. The van der Waals surface area contributed by atoms with E-state index in [1.807, 2.05) is 0 Å². The zero-order chi connectivity index (χ0) is 17.5. The first-order chi connectivity index (χ1) is 11.3. The summed E-state index contributed by atoms with van der Waals surface area (Å²) in [7, 11) is -3.59. The summed E-state index contributed by atoms with van der Waals surface area (Å²) in [6.07, 6.45) is 0.625. The van der Waals surface area contributed by atoms with Gasteiger partial charge in [0.15, 0.2) is 9.84 Å². The Morgan fingerprint density at radius 1 is 1.17 bits per heavy atom. The molecule has 0 radical (unpaired) electrons. The van der Waals surface area contributed by atoms with Crippen LogP contribution in [0.3, 0.4) is 0 Å². The van der Waals surface area contributed by atoms with Gasteiger partial charge in [0.2, 0.25) is 0 Å². The second-order valence-electron chi connectivity index (χ2n) is 6.07. The number of hydrogen-bond acceptors (Lipinski definition) is 3. The molecule has 0 saturated carbocycles. The number of halogens is 1. The van der Waals surface area contributed by atoms with Crippen LogP contribution in [0, 0.1) is 5.82 Å². The van der Waals surface area contributed by atoms with Gasteiger partial charge in [-0.2, -0.15) is 0 Å². The predicted molar refractivity (Wildman–Crippen MR) is 90.5 cm³/mol. The van der Waals surface area contributed by atoms with Gasteiger partial charge in [0.1, 0.15) is 5.82 Å². The maximum absolute atomic E-state index is 13.5. The number of nitrogens with zero attached hydrogens (tertiary/aromatic N) is 1. The number of fused-ring (bicyclic) bond motifs is 1. The van der Waals surface area contributed by atoms with Crippen LogP contribution < -0.4 is 4.90 Å². The van der Waals surface area contributed by atoms with E-state index in [0.717, 1.165) is 5.56 Å². The fourth-order valence-electron chi connectivity index (χ4n) is 2.85. The molecule has 0 fully saturated rings. The zero-order valence-corrected chi connectivity index (χ0v) is 14.3. The number of rotatable bonds is 3. The molecule has 0 unspecified atom stereocenters. The molecule has 1 heterocycles. The Morgan fingerprint density at radius 2 is 1.88 bits per heavy atom. The highest BCUT2D eigenvalue weighted by atomic mass is 32.2. The van der Waals surface area contributed by atoms with Crippen LogP contribution in [0.15, 0.2) is 47.4 Å². The summed E-state index contributed by atoms with van der Waals surface area (Å²) in [5.41, 5.74) is 1.52. The third-order valence-electron chi connectivity index (χ3n) is 4.23. The number of amides is 1. The lowest BCUT2D eigenvalue weighted by molar-refractivity contribution is 0.0986. The van der Waals surface area contributed by atoms with Gasteiger partial charge in [0.05, 0.1) is 21.4 Å². The first-order valence-corrected chi connectivity index (χ1v) is 9.30. The number of carbonyl (C=O) groups is 1. The maximum atomic E-state index is 13.5. The fraction of sp³-hybridized carbons (Fsp3) is 0.278. The molecule has 2 aromatic rings. The minimum atomic E-state index is -3.59. The minimum Gasteiger partial charge on any atom is -0.308 e. The Morgan fingerprint density at radius 3 is 2.58 bits per heavy atom. The smallest absolute Gasteiger partial charge is 0.259 e. The normalized spacial score (nSPS) is 14.1. The van der Waals surface area contributed by atoms with Crippen LogP contribution in [-0.4, -0.2) is 26.1 Å². The number of sulfone groups is 1. The van der Waals surface area contributed by atoms with Crippen molar-refractivity contribution in [1.82, 2.24) is 0 Å². The molecule has 1 aliphatic heterocycles. The van der Waals surface area contributed by atoms with E-state index in [4.69, 9.17) is 0 Å². The lowest BCUT2D eigenvalue weighted by atomic mass is 10.1. The SMILES string of the molecule is CC(C)S(=O)(=O)c1ccccc1C(=O)N1CCc2ccc(F)cc21. The standard InChI is InChI=1S/C18H18FNO3S/c1-12(2)24(22,23)17-6-4-3-5-15(17)18(21)20-10-9-13-7-8-14(19)11-16(13)20/h3-8,11-12H,9-10H2,1-2H3. The summed E-state index contributed by atoms with van der Waals surface area (Å²) in [4.78, 5) is 14.4. The van der Waals surface area contributed by atoms with E-state index in [-0.39, 0.29) is 10.5 Å². The minimum absolute atomic E-state index is 0.0230. The molecule has 0 saturated heterocycles. The molecular weight excluding hydrogens is 329 g/mol. The average molecular weight is 347 g/mol. The van der Waals surface area contributed by atoms with E-state index in [1.54, 1.807) is 32.0 Å². The monoisotopic (exact) mass is 347 g/mol. The topological polar surface area (TPSA) is 54.5 Å². The van der Waals surface area contributed by atoms with Crippen LogP contribution in [0.1, 0.15) is 29.8 Å². The third-order valence-corrected chi connectivity index (χ3v) is 6.44. The molecule has 0 N–H and O–H groups in total. The van der Waals surface area contributed by atoms with Gasteiger partial charge in [-0.3, -0.25) is 4.79 Å². The summed E-state index contributed by atoms with van der Waals surface area (Å²) in [5, 5.41) is -0.630. The van der Waals surface area contributed by atoms with Gasteiger partial charge < -0.3 is 4.90 Å². The molecule has 1 aliphatic rings. The molecule has 0 aromatic heterocycles. The van der Waals surface area contributed by atoms with Crippen LogP contribution in [-0.2, 0) is 16.3 Å². The molecule has 0 atom stereocenters. The van der Waals surface area contributed by atoms with Gasteiger partial charge in [-0.05, 0) is 50.1 Å². The highest BCUT2D eigenvalue weighted by Crippen LogP contribution is 2.31. The Kier molecular flexibility index (Phi) is 4.17. The second kappa shape index (κ2) is 6.02. The van der Waals surface area contributed by atoms with E-state index in [1.165, 1.54) is 29.2 Å². The van der Waals surface area contributed by atoms with Gasteiger partial charge in [0.25, 0.3) is 5.91 Å². The zero-order valence-electron chi connectivity index (χ0n) is 13.5. The van der Waals surface area contributed by atoms with Gasteiger partial charge >= 0.3 is 0 Å². The van der Waals surface area contributed by atoms with Crippen LogP contribution in [0.5, 0.6) is 0 Å². The summed E-state index contributed by atoms with van der Waals surface area (Å²) >= 11 is 0. The van der Waals surface area contributed by atoms with Crippen molar-refractivity contribution >= 4 is 21.4 Å². The second-order valence-corrected chi connectivity index (χ2v) is 8.54. The quantitative estimate of drug-likeness (QED) is 0.857. The number of benzene rings is 2. The molecule has 4 nitrogen and oxygen atoms in total. The van der Waals surface area contributed by atoms with Crippen molar-refractivity contribution < 1.29 is 17.6 Å². The third kappa shape index (κ3) is 2.71. The van der Waals surface area contributed by atoms with Crippen molar-refractivity contribution in [3.63, 3.8) is 0 Å². The van der Waals surface area contributed by atoms with Crippen molar-refractivity contribution in [2.24, 2.45) is 0 Å². The van der Waals surface area contributed by atoms with Crippen molar-refractivity contribution in [2.45, 2.75) is 30.4 Å². The van der Waals surface area contributed by atoms with Gasteiger partial charge in [0, 0.05) is 6.54 Å². The van der Waals surface area contributed by atoms with Crippen molar-refractivity contribution in [3.05, 3.63) is 59.4 Å². The molecule has 2 aromatic carbocycles. The molecule has 0 aliphatic carbocycles. The van der Waals surface area contributed by atoms with Crippen molar-refractivity contribution in [3.8, 4) is 0 Å². The number of carbonyl (C=O) groups excluding carboxylic acids is 1. The Balaban J connectivity index is 2.07. The predicted octanol–water partition coefficient (Wildman–Crippen LogP) is 3.21. The van der Waals surface area contributed by atoms with Crippen molar-refractivity contribution in [1.29, 1.82) is 0 Å². The van der Waals surface area contributed by atoms with Crippen LogP contribution in [0.2, 0.25) is 0 Å².